The molecule has 0 aromatic carbocycles. The van der Waals surface area contributed by atoms with Gasteiger partial charge < -0.3 is 0 Å². The van der Waals surface area contributed by atoms with Crippen LogP contribution in [0.25, 0.3) is 0 Å². The van der Waals surface area contributed by atoms with Gasteiger partial charge in [-0.25, -0.2) is 9.97 Å². The van der Waals surface area contributed by atoms with Crippen LogP contribution in [0.4, 0.5) is 0 Å². The van der Waals surface area contributed by atoms with Gasteiger partial charge in [0.25, 0.3) is 0 Å². The number of pyridine rings is 1. The average Bonchev–Trinajstić information content (AvgIpc) is 2.46. The predicted octanol–water partition coefficient (Wildman–Crippen LogP) is 1.47. The minimum absolute atomic E-state index is 0.947. The fourth-order valence-corrected chi connectivity index (χ4v) is 2.33. The van der Waals surface area contributed by atoms with E-state index in [1.165, 1.54) is 16.8 Å². The summed E-state index contributed by atoms with van der Waals surface area (Å²) in [5.41, 5.74) is 3.84. The maximum absolute atomic E-state index is 4.36. The molecule has 0 fully saturated rings. The first-order valence-electron chi connectivity index (χ1n) is 6.31. The molecular weight excluding hydrogens is 224 g/mol. The highest BCUT2D eigenvalue weighted by Gasteiger charge is 2.16. The van der Waals surface area contributed by atoms with Crippen LogP contribution in [-0.2, 0) is 19.4 Å². The minimum atomic E-state index is 0.947. The molecule has 2 aromatic heterocycles. The highest BCUT2D eigenvalue weighted by Crippen LogP contribution is 2.15. The van der Waals surface area contributed by atoms with Crippen LogP contribution in [0.5, 0.6) is 0 Å². The van der Waals surface area contributed by atoms with Gasteiger partial charge in [0.1, 0.15) is 6.33 Å². The van der Waals surface area contributed by atoms with E-state index in [0.29, 0.717) is 0 Å². The van der Waals surface area contributed by atoms with Crippen molar-refractivity contribution in [1.82, 2.24) is 19.9 Å². The summed E-state index contributed by atoms with van der Waals surface area (Å²) in [6.45, 7) is 3.13. The molecule has 3 heterocycles. The molecule has 1 aliphatic rings. The molecule has 0 bridgehead atoms. The van der Waals surface area contributed by atoms with E-state index in [0.717, 1.165) is 32.5 Å². The van der Waals surface area contributed by atoms with Gasteiger partial charge in [-0.05, 0) is 36.1 Å². The summed E-state index contributed by atoms with van der Waals surface area (Å²) in [5, 5.41) is 0. The second kappa shape index (κ2) is 5.23. The maximum atomic E-state index is 4.36. The van der Waals surface area contributed by atoms with Gasteiger partial charge in [-0.1, -0.05) is 0 Å². The summed E-state index contributed by atoms with van der Waals surface area (Å²) in [6.07, 6.45) is 9.44. The van der Waals surface area contributed by atoms with E-state index in [2.05, 4.69) is 32.0 Å². The molecule has 3 rings (SSSR count). The van der Waals surface area contributed by atoms with Crippen molar-refractivity contribution < 1.29 is 0 Å². The van der Waals surface area contributed by atoms with Crippen molar-refractivity contribution in [2.24, 2.45) is 0 Å². The molecule has 0 radical (unpaired) electrons. The van der Waals surface area contributed by atoms with E-state index < -0.39 is 0 Å². The number of hydrogen-bond acceptors (Lipinski definition) is 4. The van der Waals surface area contributed by atoms with Crippen molar-refractivity contribution >= 4 is 0 Å². The van der Waals surface area contributed by atoms with Crippen LogP contribution in [0.3, 0.4) is 0 Å². The highest BCUT2D eigenvalue weighted by atomic mass is 15.1. The number of fused-ring (bicyclic) bond motifs is 1. The lowest BCUT2D eigenvalue weighted by molar-refractivity contribution is 0.253. The van der Waals surface area contributed by atoms with Gasteiger partial charge in [0.05, 0.1) is 5.69 Å². The standard InChI is InChI=1S/C14H16N4/c1-5-15-6-2-12(1)3-7-18-8-4-13-9-16-11-17-14(13)10-18/h1-2,5-6,9,11H,3-4,7-8,10H2. The third-order valence-corrected chi connectivity index (χ3v) is 3.42. The van der Waals surface area contributed by atoms with Gasteiger partial charge >= 0.3 is 0 Å². The third kappa shape index (κ3) is 2.54. The number of hydrogen-bond donors (Lipinski definition) is 0. The molecule has 1 aliphatic heterocycles. The first-order valence-corrected chi connectivity index (χ1v) is 6.31. The molecule has 2 aromatic rings. The van der Waals surface area contributed by atoms with Gasteiger partial charge in [0.15, 0.2) is 0 Å². The summed E-state index contributed by atoms with van der Waals surface area (Å²) in [4.78, 5) is 14.9. The third-order valence-electron chi connectivity index (χ3n) is 3.42. The molecule has 0 unspecified atom stereocenters. The van der Waals surface area contributed by atoms with E-state index in [9.17, 15) is 0 Å². The lowest BCUT2D eigenvalue weighted by Gasteiger charge is -2.27. The lowest BCUT2D eigenvalue weighted by atomic mass is 10.1. The van der Waals surface area contributed by atoms with Crippen LogP contribution in [0.1, 0.15) is 16.8 Å². The van der Waals surface area contributed by atoms with Gasteiger partial charge in [0, 0.05) is 38.2 Å². The van der Waals surface area contributed by atoms with Crippen molar-refractivity contribution in [3.8, 4) is 0 Å². The summed E-state index contributed by atoms with van der Waals surface area (Å²) < 4.78 is 0. The normalized spacial score (nSPS) is 15.3. The Labute approximate surface area is 107 Å². The molecule has 0 aliphatic carbocycles. The fourth-order valence-electron chi connectivity index (χ4n) is 2.33. The van der Waals surface area contributed by atoms with Crippen molar-refractivity contribution in [1.29, 1.82) is 0 Å². The summed E-state index contributed by atoms with van der Waals surface area (Å²) >= 11 is 0. The number of aromatic nitrogens is 3. The van der Waals surface area contributed by atoms with Crippen molar-refractivity contribution in [2.45, 2.75) is 19.4 Å². The fraction of sp³-hybridized carbons (Fsp3) is 0.357. The van der Waals surface area contributed by atoms with Gasteiger partial charge in [-0.2, -0.15) is 0 Å². The Hall–Kier alpha value is -1.81. The van der Waals surface area contributed by atoms with E-state index in [4.69, 9.17) is 0 Å². The molecule has 0 atom stereocenters. The molecule has 0 amide bonds. The van der Waals surface area contributed by atoms with E-state index >= 15 is 0 Å². The van der Waals surface area contributed by atoms with Gasteiger partial charge in [-0.15, -0.1) is 0 Å². The predicted molar refractivity (Wildman–Crippen MR) is 69.0 cm³/mol. The Morgan fingerprint density at radius 3 is 2.94 bits per heavy atom. The average molecular weight is 240 g/mol. The zero-order valence-electron chi connectivity index (χ0n) is 10.3. The van der Waals surface area contributed by atoms with Crippen LogP contribution in [-0.4, -0.2) is 32.9 Å². The first kappa shape index (κ1) is 11.3. The Balaban J connectivity index is 1.60. The topological polar surface area (TPSA) is 41.9 Å². The monoisotopic (exact) mass is 240 g/mol. The number of nitrogens with zero attached hydrogens (tertiary/aromatic N) is 4. The quantitative estimate of drug-likeness (QED) is 0.815. The Morgan fingerprint density at radius 2 is 2.06 bits per heavy atom. The molecular formula is C14H16N4. The summed E-state index contributed by atoms with van der Waals surface area (Å²) in [5.74, 6) is 0. The van der Waals surface area contributed by atoms with Crippen molar-refractivity contribution in [3.05, 3.63) is 53.9 Å². The molecule has 18 heavy (non-hydrogen) atoms. The largest absolute Gasteiger partial charge is 0.297 e. The van der Waals surface area contributed by atoms with Crippen molar-refractivity contribution in [3.63, 3.8) is 0 Å². The second-order valence-electron chi connectivity index (χ2n) is 4.63. The molecule has 0 spiro atoms. The molecule has 4 heteroatoms. The smallest absolute Gasteiger partial charge is 0.115 e. The van der Waals surface area contributed by atoms with Crippen LogP contribution in [0, 0.1) is 0 Å². The second-order valence-corrected chi connectivity index (χ2v) is 4.63. The Kier molecular flexibility index (Phi) is 3.28. The zero-order valence-corrected chi connectivity index (χ0v) is 10.3. The van der Waals surface area contributed by atoms with Gasteiger partial charge in [-0.3, -0.25) is 9.88 Å². The first-order chi connectivity index (χ1) is 8.92. The maximum Gasteiger partial charge on any atom is 0.115 e. The van der Waals surface area contributed by atoms with Gasteiger partial charge in [0.2, 0.25) is 0 Å². The SMILES string of the molecule is c1cc(CCN2CCc3cncnc3C2)ccn1. The van der Waals surface area contributed by atoms with Crippen molar-refractivity contribution in [2.75, 3.05) is 13.1 Å². The van der Waals surface area contributed by atoms with E-state index in [-0.39, 0.29) is 0 Å². The minimum Gasteiger partial charge on any atom is -0.297 e. The molecule has 0 saturated carbocycles. The number of rotatable bonds is 3. The van der Waals surface area contributed by atoms with Crippen LogP contribution in [0.2, 0.25) is 0 Å². The van der Waals surface area contributed by atoms with Crippen LogP contribution in [0.15, 0.2) is 37.1 Å². The Morgan fingerprint density at radius 1 is 1.17 bits per heavy atom. The molecule has 92 valence electrons. The summed E-state index contributed by atoms with van der Waals surface area (Å²) in [7, 11) is 0. The Bertz CT molecular complexity index is 512. The zero-order chi connectivity index (χ0) is 12.2. The molecule has 0 saturated heterocycles. The highest BCUT2D eigenvalue weighted by molar-refractivity contribution is 5.19. The molecule has 0 N–H and O–H groups in total. The molecule has 4 nitrogen and oxygen atoms in total. The summed E-state index contributed by atoms with van der Waals surface area (Å²) in [6, 6.07) is 4.17. The van der Waals surface area contributed by atoms with E-state index in [1.807, 2.05) is 18.6 Å². The lowest BCUT2D eigenvalue weighted by Crippen LogP contribution is -2.32. The van der Waals surface area contributed by atoms with Crippen LogP contribution >= 0.6 is 0 Å². The van der Waals surface area contributed by atoms with E-state index in [1.54, 1.807) is 6.33 Å². The van der Waals surface area contributed by atoms with Crippen LogP contribution < -0.4 is 0 Å².